The van der Waals surface area contributed by atoms with Gasteiger partial charge in [-0.3, -0.25) is 9.59 Å². The van der Waals surface area contributed by atoms with Crippen LogP contribution >= 0.6 is 11.3 Å². The fraction of sp³-hybridized carbons (Fsp3) is 0.222. The summed E-state index contributed by atoms with van der Waals surface area (Å²) in [6, 6.07) is 8.58. The van der Waals surface area contributed by atoms with Crippen LogP contribution in [0.1, 0.15) is 15.2 Å². The first-order valence-electron chi connectivity index (χ1n) is 7.90. The zero-order chi connectivity index (χ0) is 17.2. The van der Waals surface area contributed by atoms with Crippen molar-refractivity contribution in [3.63, 3.8) is 0 Å². The summed E-state index contributed by atoms with van der Waals surface area (Å²) in [6.45, 7) is 1.03. The van der Waals surface area contributed by atoms with Crippen LogP contribution in [0, 0.1) is 0 Å². The van der Waals surface area contributed by atoms with Crippen molar-refractivity contribution in [2.24, 2.45) is 0 Å². The van der Waals surface area contributed by atoms with Crippen LogP contribution in [0.25, 0.3) is 0 Å². The van der Waals surface area contributed by atoms with E-state index in [2.05, 4.69) is 5.32 Å². The Labute approximate surface area is 148 Å². The molecule has 1 atom stereocenters. The quantitative estimate of drug-likeness (QED) is 0.853. The largest absolute Gasteiger partial charge is 0.454 e. The molecular weight excluding hydrogens is 340 g/mol. The summed E-state index contributed by atoms with van der Waals surface area (Å²) in [5, 5.41) is 4.74. The number of rotatable bonds is 4. The Balaban J connectivity index is 1.40. The van der Waals surface area contributed by atoms with Crippen LogP contribution in [0.3, 0.4) is 0 Å². The van der Waals surface area contributed by atoms with E-state index in [0.29, 0.717) is 29.5 Å². The van der Waals surface area contributed by atoms with Crippen LogP contribution in [-0.2, 0) is 11.3 Å². The van der Waals surface area contributed by atoms with Crippen molar-refractivity contribution < 1.29 is 19.1 Å². The summed E-state index contributed by atoms with van der Waals surface area (Å²) in [5.74, 6) is 1.07. The highest BCUT2D eigenvalue weighted by atomic mass is 32.1. The molecule has 0 saturated heterocycles. The Morgan fingerprint density at radius 1 is 1.24 bits per heavy atom. The number of amides is 2. The van der Waals surface area contributed by atoms with Crippen LogP contribution < -0.4 is 14.8 Å². The van der Waals surface area contributed by atoms with Crippen molar-refractivity contribution in [3.05, 3.63) is 58.3 Å². The average molecular weight is 356 g/mol. The third-order valence-corrected chi connectivity index (χ3v) is 4.98. The first kappa shape index (κ1) is 15.7. The molecule has 25 heavy (non-hydrogen) atoms. The zero-order valence-electron chi connectivity index (χ0n) is 13.3. The van der Waals surface area contributed by atoms with Gasteiger partial charge in [-0.25, -0.2) is 0 Å². The number of nitrogens with one attached hydrogen (secondary N) is 1. The van der Waals surface area contributed by atoms with Gasteiger partial charge in [0.25, 0.3) is 5.91 Å². The molecule has 2 amide bonds. The molecule has 0 unspecified atom stereocenters. The van der Waals surface area contributed by atoms with Gasteiger partial charge < -0.3 is 19.7 Å². The maximum atomic E-state index is 12.5. The molecule has 2 aromatic rings. The summed E-state index contributed by atoms with van der Waals surface area (Å²) in [7, 11) is 0. The second-order valence-electron chi connectivity index (χ2n) is 5.71. The zero-order valence-corrected chi connectivity index (χ0v) is 14.1. The molecular formula is C18H16N2O4S. The number of benzene rings is 1. The third kappa shape index (κ3) is 3.10. The third-order valence-electron chi connectivity index (χ3n) is 4.12. The lowest BCUT2D eigenvalue weighted by Gasteiger charge is -2.23. The van der Waals surface area contributed by atoms with Crippen LogP contribution in [0.5, 0.6) is 11.5 Å². The predicted molar refractivity (Wildman–Crippen MR) is 92.7 cm³/mol. The fourth-order valence-corrected chi connectivity index (χ4v) is 3.52. The maximum Gasteiger partial charge on any atom is 0.265 e. The molecule has 0 radical (unpaired) electrons. The van der Waals surface area contributed by atoms with E-state index in [1.54, 1.807) is 17.0 Å². The van der Waals surface area contributed by atoms with E-state index in [1.165, 1.54) is 11.3 Å². The molecule has 4 rings (SSSR count). The molecule has 0 saturated carbocycles. The van der Waals surface area contributed by atoms with Gasteiger partial charge in [0.15, 0.2) is 11.5 Å². The minimum atomic E-state index is -0.580. The van der Waals surface area contributed by atoms with E-state index in [-0.39, 0.29) is 18.6 Å². The summed E-state index contributed by atoms with van der Waals surface area (Å²) in [4.78, 5) is 27.2. The second-order valence-corrected chi connectivity index (χ2v) is 6.66. The van der Waals surface area contributed by atoms with Crippen LogP contribution in [0.2, 0.25) is 0 Å². The van der Waals surface area contributed by atoms with Crippen LogP contribution in [0.15, 0.2) is 47.9 Å². The molecule has 0 bridgehead atoms. The summed E-state index contributed by atoms with van der Waals surface area (Å²) in [6.07, 6.45) is 3.61. The highest BCUT2D eigenvalue weighted by molar-refractivity contribution is 7.12. The minimum absolute atomic E-state index is 0.122. The standard InChI is InChI=1S/C18H16N2O4S/c21-17(19-10-12-5-6-14-15(9-12)24-11-23-14)13-3-1-7-20(13)18(22)16-4-2-8-25-16/h1-6,8-9,13H,7,10-11H2,(H,19,21)/t13-/m0/s1. The normalized spacial score (nSPS) is 17.8. The maximum absolute atomic E-state index is 12.5. The van der Waals surface area contributed by atoms with Crippen molar-refractivity contribution in [2.75, 3.05) is 13.3 Å². The number of thiophene rings is 1. The highest BCUT2D eigenvalue weighted by Crippen LogP contribution is 2.32. The van der Waals surface area contributed by atoms with Gasteiger partial charge in [0.2, 0.25) is 12.7 Å². The minimum Gasteiger partial charge on any atom is -0.454 e. The van der Waals surface area contributed by atoms with Crippen molar-refractivity contribution in [1.29, 1.82) is 0 Å². The van der Waals surface area contributed by atoms with E-state index in [0.717, 1.165) is 5.56 Å². The van der Waals surface area contributed by atoms with Crippen molar-refractivity contribution >= 4 is 23.2 Å². The van der Waals surface area contributed by atoms with Gasteiger partial charge in [0.1, 0.15) is 6.04 Å². The Bertz CT molecular complexity index is 832. The molecule has 0 aliphatic carbocycles. The Kier molecular flexibility index (Phi) is 4.15. The van der Waals surface area contributed by atoms with Gasteiger partial charge in [-0.2, -0.15) is 0 Å². The molecule has 1 N–H and O–H groups in total. The molecule has 0 spiro atoms. The first-order chi connectivity index (χ1) is 12.2. The van der Waals surface area contributed by atoms with E-state index in [9.17, 15) is 9.59 Å². The molecule has 0 fully saturated rings. The van der Waals surface area contributed by atoms with Crippen molar-refractivity contribution in [1.82, 2.24) is 10.2 Å². The SMILES string of the molecule is O=C(NCc1ccc2c(c1)OCO2)[C@@H]1C=CCN1C(=O)c1cccs1. The van der Waals surface area contributed by atoms with Gasteiger partial charge in [-0.15, -0.1) is 11.3 Å². The summed E-state index contributed by atoms with van der Waals surface area (Å²) in [5.41, 5.74) is 0.913. The van der Waals surface area contributed by atoms with Crippen molar-refractivity contribution in [2.45, 2.75) is 12.6 Å². The van der Waals surface area contributed by atoms with E-state index < -0.39 is 6.04 Å². The first-order valence-corrected chi connectivity index (χ1v) is 8.78. The molecule has 1 aromatic carbocycles. The molecule has 128 valence electrons. The highest BCUT2D eigenvalue weighted by Gasteiger charge is 2.31. The molecule has 3 heterocycles. The van der Waals surface area contributed by atoms with Crippen molar-refractivity contribution in [3.8, 4) is 11.5 Å². The van der Waals surface area contributed by atoms with Gasteiger partial charge in [0, 0.05) is 13.1 Å². The fourth-order valence-electron chi connectivity index (χ4n) is 2.85. The number of ether oxygens (including phenoxy) is 2. The van der Waals surface area contributed by atoms with E-state index in [1.807, 2.05) is 35.7 Å². The molecule has 2 aliphatic rings. The topological polar surface area (TPSA) is 67.9 Å². The van der Waals surface area contributed by atoms with Crippen LogP contribution in [-0.4, -0.2) is 36.1 Å². The van der Waals surface area contributed by atoms with Gasteiger partial charge >= 0.3 is 0 Å². The lowest BCUT2D eigenvalue weighted by Crippen LogP contribution is -2.45. The summed E-state index contributed by atoms with van der Waals surface area (Å²) >= 11 is 1.38. The number of carbonyl (C=O) groups is 2. The van der Waals surface area contributed by atoms with Gasteiger partial charge in [-0.1, -0.05) is 24.3 Å². The van der Waals surface area contributed by atoms with Gasteiger partial charge in [0.05, 0.1) is 4.88 Å². The smallest absolute Gasteiger partial charge is 0.265 e. The average Bonchev–Trinajstić information content (AvgIpc) is 3.39. The molecule has 2 aliphatic heterocycles. The number of fused-ring (bicyclic) bond motifs is 1. The Hall–Kier alpha value is -2.80. The molecule has 6 nitrogen and oxygen atoms in total. The number of nitrogens with zero attached hydrogens (tertiary/aromatic N) is 1. The summed E-state index contributed by atoms with van der Waals surface area (Å²) < 4.78 is 10.6. The Morgan fingerprint density at radius 3 is 2.96 bits per heavy atom. The number of carbonyl (C=O) groups excluding carboxylic acids is 2. The second kappa shape index (κ2) is 6.60. The predicted octanol–water partition coefficient (Wildman–Crippen LogP) is 2.17. The lowest BCUT2D eigenvalue weighted by atomic mass is 10.2. The van der Waals surface area contributed by atoms with Gasteiger partial charge in [-0.05, 0) is 29.1 Å². The molecule has 1 aromatic heterocycles. The lowest BCUT2D eigenvalue weighted by molar-refractivity contribution is -0.123. The monoisotopic (exact) mass is 356 g/mol. The van der Waals surface area contributed by atoms with Crippen LogP contribution in [0.4, 0.5) is 0 Å². The number of hydrogen-bond donors (Lipinski definition) is 1. The van der Waals surface area contributed by atoms with E-state index in [4.69, 9.17) is 9.47 Å². The molecule has 7 heteroatoms. The number of hydrogen-bond acceptors (Lipinski definition) is 5. The Morgan fingerprint density at radius 2 is 2.12 bits per heavy atom. The van der Waals surface area contributed by atoms with E-state index >= 15 is 0 Å².